The fraction of sp³-hybridized carbons (Fsp3) is 0.467. The van der Waals surface area contributed by atoms with E-state index in [-0.39, 0.29) is 11.6 Å². The van der Waals surface area contributed by atoms with E-state index in [2.05, 4.69) is 43.0 Å². The Bertz CT molecular complexity index is 752. The zero-order valence-electron chi connectivity index (χ0n) is 12.4. The standard InChI is InChI=1S/C15H19BrN4O2/c1-9-4-2-3-5-20(9)8-14(21)17-11-7-13-12(6-10(11)16)18-15(22)19-13/h6-7,9H,2-5,8H2,1H3,(H,17,21)(H2,18,19,22)/t9-/m1/s1. The minimum absolute atomic E-state index is 0.0355. The van der Waals surface area contributed by atoms with Crippen LogP contribution in [-0.2, 0) is 4.79 Å². The van der Waals surface area contributed by atoms with E-state index in [0.29, 0.717) is 29.3 Å². The average Bonchev–Trinajstić information content (AvgIpc) is 2.81. The minimum Gasteiger partial charge on any atom is -0.324 e. The van der Waals surface area contributed by atoms with Crippen molar-refractivity contribution in [2.75, 3.05) is 18.4 Å². The first-order valence-electron chi connectivity index (χ1n) is 7.48. The van der Waals surface area contributed by atoms with Crippen LogP contribution in [0, 0.1) is 0 Å². The van der Waals surface area contributed by atoms with Gasteiger partial charge in [0, 0.05) is 10.5 Å². The number of anilines is 1. The number of nitrogens with zero attached hydrogens (tertiary/aromatic N) is 1. The number of fused-ring (bicyclic) bond motifs is 1. The molecule has 7 heteroatoms. The van der Waals surface area contributed by atoms with Crippen molar-refractivity contribution in [3.63, 3.8) is 0 Å². The van der Waals surface area contributed by atoms with Crippen LogP contribution in [0.5, 0.6) is 0 Å². The van der Waals surface area contributed by atoms with E-state index in [1.54, 1.807) is 12.1 Å². The normalized spacial score (nSPS) is 19.5. The van der Waals surface area contributed by atoms with Crippen LogP contribution in [0.3, 0.4) is 0 Å². The Morgan fingerprint density at radius 1 is 1.36 bits per heavy atom. The maximum Gasteiger partial charge on any atom is 0.323 e. The second kappa shape index (κ2) is 6.26. The fourth-order valence-electron chi connectivity index (χ4n) is 2.92. The molecule has 3 N–H and O–H groups in total. The van der Waals surface area contributed by atoms with Crippen LogP contribution in [0.4, 0.5) is 5.69 Å². The van der Waals surface area contributed by atoms with E-state index in [1.165, 1.54) is 6.42 Å². The molecule has 6 nitrogen and oxygen atoms in total. The summed E-state index contributed by atoms with van der Waals surface area (Å²) in [5, 5.41) is 2.92. The van der Waals surface area contributed by atoms with Crippen LogP contribution in [0.2, 0.25) is 0 Å². The number of aromatic nitrogens is 2. The van der Waals surface area contributed by atoms with Gasteiger partial charge < -0.3 is 15.3 Å². The van der Waals surface area contributed by atoms with Gasteiger partial charge in [0.1, 0.15) is 0 Å². The molecule has 0 saturated carbocycles. The largest absolute Gasteiger partial charge is 0.324 e. The summed E-state index contributed by atoms with van der Waals surface area (Å²) in [6.07, 6.45) is 3.54. The summed E-state index contributed by atoms with van der Waals surface area (Å²) < 4.78 is 0.746. The zero-order valence-corrected chi connectivity index (χ0v) is 14.0. The summed E-state index contributed by atoms with van der Waals surface area (Å²) in [7, 11) is 0. The van der Waals surface area contributed by atoms with Crippen LogP contribution < -0.4 is 11.0 Å². The van der Waals surface area contributed by atoms with Gasteiger partial charge in [0.25, 0.3) is 0 Å². The van der Waals surface area contributed by atoms with Gasteiger partial charge in [-0.05, 0) is 54.4 Å². The molecule has 0 aliphatic carbocycles. The van der Waals surface area contributed by atoms with Crippen molar-refractivity contribution in [1.29, 1.82) is 0 Å². The van der Waals surface area contributed by atoms with Gasteiger partial charge >= 0.3 is 5.69 Å². The molecule has 1 aromatic heterocycles. The number of carbonyl (C=O) groups excluding carboxylic acids is 1. The molecule has 1 saturated heterocycles. The van der Waals surface area contributed by atoms with E-state index in [1.807, 2.05) is 0 Å². The molecule has 118 valence electrons. The number of carbonyl (C=O) groups is 1. The third-order valence-electron chi connectivity index (χ3n) is 4.16. The SMILES string of the molecule is C[C@@H]1CCCCN1CC(=O)Nc1cc2[nH]c(=O)[nH]c2cc1Br. The van der Waals surface area contributed by atoms with Gasteiger partial charge in [-0.2, -0.15) is 0 Å². The molecular weight excluding hydrogens is 348 g/mol. The number of nitrogens with one attached hydrogen (secondary N) is 3. The molecule has 0 unspecified atom stereocenters. The molecule has 0 radical (unpaired) electrons. The molecule has 1 aliphatic heterocycles. The van der Waals surface area contributed by atoms with Crippen LogP contribution in [0.15, 0.2) is 21.4 Å². The number of hydrogen-bond donors (Lipinski definition) is 3. The summed E-state index contributed by atoms with van der Waals surface area (Å²) in [6.45, 7) is 3.54. The summed E-state index contributed by atoms with van der Waals surface area (Å²) in [4.78, 5) is 31.2. The van der Waals surface area contributed by atoms with Crippen molar-refractivity contribution < 1.29 is 4.79 Å². The van der Waals surface area contributed by atoms with Gasteiger partial charge in [-0.1, -0.05) is 6.42 Å². The maximum absolute atomic E-state index is 12.3. The lowest BCUT2D eigenvalue weighted by Gasteiger charge is -2.32. The first-order chi connectivity index (χ1) is 10.5. The number of likely N-dealkylation sites (tertiary alicyclic amines) is 1. The monoisotopic (exact) mass is 366 g/mol. The topological polar surface area (TPSA) is 81.0 Å². The summed E-state index contributed by atoms with van der Waals surface area (Å²) >= 11 is 3.43. The predicted molar refractivity (Wildman–Crippen MR) is 90.1 cm³/mol. The number of rotatable bonds is 3. The summed E-state index contributed by atoms with van der Waals surface area (Å²) in [6, 6.07) is 3.99. The Balaban J connectivity index is 1.73. The van der Waals surface area contributed by atoms with Crippen molar-refractivity contribution in [2.45, 2.75) is 32.2 Å². The molecule has 1 aliphatic rings. The van der Waals surface area contributed by atoms with Crippen LogP contribution in [0.1, 0.15) is 26.2 Å². The van der Waals surface area contributed by atoms with Crippen LogP contribution in [0.25, 0.3) is 11.0 Å². The Labute approximate surface area is 136 Å². The Hall–Kier alpha value is -1.60. The first kappa shape index (κ1) is 15.3. The molecule has 1 fully saturated rings. The van der Waals surface area contributed by atoms with Crippen LogP contribution in [-0.4, -0.2) is 39.9 Å². The number of halogens is 1. The molecule has 22 heavy (non-hydrogen) atoms. The number of H-pyrrole nitrogens is 2. The van der Waals surface area contributed by atoms with Gasteiger partial charge in [0.2, 0.25) is 5.91 Å². The number of amides is 1. The Morgan fingerprint density at radius 3 is 2.82 bits per heavy atom. The molecule has 1 aromatic carbocycles. The first-order valence-corrected chi connectivity index (χ1v) is 8.27. The second-order valence-electron chi connectivity index (χ2n) is 5.82. The molecular formula is C15H19BrN4O2. The van der Waals surface area contributed by atoms with Crippen molar-refractivity contribution in [1.82, 2.24) is 14.9 Å². The van der Waals surface area contributed by atoms with Crippen molar-refractivity contribution >= 4 is 38.6 Å². The van der Waals surface area contributed by atoms with E-state index in [0.717, 1.165) is 23.9 Å². The third-order valence-corrected chi connectivity index (χ3v) is 4.82. The maximum atomic E-state index is 12.3. The quantitative estimate of drug-likeness (QED) is 0.780. The third kappa shape index (κ3) is 3.25. The highest BCUT2D eigenvalue weighted by Crippen LogP contribution is 2.26. The average molecular weight is 367 g/mol. The van der Waals surface area contributed by atoms with Crippen molar-refractivity contribution in [3.05, 3.63) is 27.1 Å². The van der Waals surface area contributed by atoms with Gasteiger partial charge in [0.05, 0.1) is 23.3 Å². The molecule has 3 rings (SSSR count). The lowest BCUT2D eigenvalue weighted by molar-refractivity contribution is -0.118. The van der Waals surface area contributed by atoms with Crippen molar-refractivity contribution in [3.8, 4) is 0 Å². The highest BCUT2D eigenvalue weighted by atomic mass is 79.9. The smallest absolute Gasteiger partial charge is 0.323 e. The lowest BCUT2D eigenvalue weighted by Crippen LogP contribution is -2.42. The highest BCUT2D eigenvalue weighted by molar-refractivity contribution is 9.10. The molecule has 1 atom stereocenters. The van der Waals surface area contributed by atoms with Crippen molar-refractivity contribution in [2.24, 2.45) is 0 Å². The summed E-state index contributed by atoms with van der Waals surface area (Å²) in [5.74, 6) is -0.0355. The van der Waals surface area contributed by atoms with E-state index >= 15 is 0 Å². The molecule has 0 spiro atoms. The highest BCUT2D eigenvalue weighted by Gasteiger charge is 2.20. The molecule has 1 amide bonds. The number of hydrogen-bond acceptors (Lipinski definition) is 3. The van der Waals surface area contributed by atoms with E-state index < -0.39 is 0 Å². The zero-order chi connectivity index (χ0) is 15.7. The number of piperidine rings is 1. The Morgan fingerprint density at radius 2 is 2.09 bits per heavy atom. The lowest BCUT2D eigenvalue weighted by atomic mass is 10.0. The number of imidazole rings is 1. The molecule has 0 bridgehead atoms. The van der Waals surface area contributed by atoms with Gasteiger partial charge in [-0.3, -0.25) is 9.69 Å². The van der Waals surface area contributed by atoms with E-state index in [4.69, 9.17) is 0 Å². The second-order valence-corrected chi connectivity index (χ2v) is 6.67. The van der Waals surface area contributed by atoms with Gasteiger partial charge in [0.15, 0.2) is 0 Å². The van der Waals surface area contributed by atoms with Gasteiger partial charge in [-0.25, -0.2) is 4.79 Å². The molecule has 2 heterocycles. The van der Waals surface area contributed by atoms with Crippen LogP contribution >= 0.6 is 15.9 Å². The Kier molecular flexibility index (Phi) is 4.35. The number of benzene rings is 1. The number of aromatic amines is 2. The van der Waals surface area contributed by atoms with E-state index in [9.17, 15) is 9.59 Å². The predicted octanol–water partition coefficient (Wildman–Crippen LogP) is 2.43. The minimum atomic E-state index is -0.257. The molecule has 2 aromatic rings. The fourth-order valence-corrected chi connectivity index (χ4v) is 3.36. The van der Waals surface area contributed by atoms with Gasteiger partial charge in [-0.15, -0.1) is 0 Å². The summed E-state index contributed by atoms with van der Waals surface area (Å²) in [5.41, 5.74) is 1.79.